The van der Waals surface area contributed by atoms with Gasteiger partial charge in [0.1, 0.15) is 0 Å². The molecule has 3 rings (SSSR count). The average Bonchev–Trinajstić information content (AvgIpc) is 3.28. The summed E-state index contributed by atoms with van der Waals surface area (Å²) in [5.41, 5.74) is 1.01. The highest BCUT2D eigenvalue weighted by molar-refractivity contribution is 9.10. The van der Waals surface area contributed by atoms with Crippen LogP contribution in [0.4, 0.5) is 0 Å². The highest BCUT2D eigenvalue weighted by atomic mass is 79.9. The number of nitrogens with zero attached hydrogens (tertiary/aromatic N) is 1. The fraction of sp³-hybridized carbons (Fsp3) is 0.611. The van der Waals surface area contributed by atoms with Crippen molar-refractivity contribution < 1.29 is 19.3 Å². The zero-order valence-corrected chi connectivity index (χ0v) is 16.6. The minimum atomic E-state index is -0.0211. The zero-order chi connectivity index (χ0) is 18.4. The summed E-state index contributed by atoms with van der Waals surface area (Å²) in [6.45, 7) is 5.91. The van der Waals surface area contributed by atoms with Crippen LogP contribution in [0, 0.1) is 5.41 Å². The third-order valence-corrected chi connectivity index (χ3v) is 5.30. The van der Waals surface area contributed by atoms with Crippen LogP contribution in [0.5, 0.6) is 11.5 Å². The van der Waals surface area contributed by atoms with Gasteiger partial charge in [-0.1, -0.05) is 0 Å². The van der Waals surface area contributed by atoms with Gasteiger partial charge >= 0.3 is 0 Å². The number of fused-ring (bicyclic) bond motifs is 1. The number of rotatable bonds is 7. The monoisotopic (exact) mass is 427 g/mol. The molecule has 1 saturated heterocycles. The lowest BCUT2D eigenvalue weighted by Crippen LogP contribution is -2.44. The second-order valence-electron chi connectivity index (χ2n) is 6.64. The lowest BCUT2D eigenvalue weighted by molar-refractivity contribution is 0.127. The van der Waals surface area contributed by atoms with Gasteiger partial charge in [-0.3, -0.25) is 0 Å². The van der Waals surface area contributed by atoms with Crippen molar-refractivity contribution in [2.24, 2.45) is 10.4 Å². The van der Waals surface area contributed by atoms with E-state index >= 15 is 0 Å². The molecular formula is C18H26BrN3O4. The van der Waals surface area contributed by atoms with E-state index in [-0.39, 0.29) is 18.8 Å². The van der Waals surface area contributed by atoms with Crippen molar-refractivity contribution in [1.29, 1.82) is 0 Å². The minimum Gasteiger partial charge on any atom is -0.454 e. The molecule has 26 heavy (non-hydrogen) atoms. The Labute approximate surface area is 162 Å². The summed E-state index contributed by atoms with van der Waals surface area (Å²) < 4.78 is 17.3. The van der Waals surface area contributed by atoms with Gasteiger partial charge in [0.15, 0.2) is 17.5 Å². The smallest absolute Gasteiger partial charge is 0.231 e. The second-order valence-corrected chi connectivity index (χ2v) is 7.49. The molecule has 1 aromatic rings. The molecule has 0 amide bonds. The Hall–Kier alpha value is -1.51. The van der Waals surface area contributed by atoms with Crippen LogP contribution in [0.2, 0.25) is 0 Å². The molecular weight excluding hydrogens is 402 g/mol. The predicted molar refractivity (Wildman–Crippen MR) is 103 cm³/mol. The number of hydrogen-bond acceptors (Lipinski definition) is 5. The summed E-state index contributed by atoms with van der Waals surface area (Å²) in [4.78, 5) is 4.68. The van der Waals surface area contributed by atoms with Crippen LogP contribution < -0.4 is 20.1 Å². The van der Waals surface area contributed by atoms with Gasteiger partial charge in [0.25, 0.3) is 0 Å². The molecule has 1 unspecified atom stereocenters. The van der Waals surface area contributed by atoms with Gasteiger partial charge in [-0.25, -0.2) is 4.99 Å². The molecule has 1 atom stereocenters. The maximum Gasteiger partial charge on any atom is 0.231 e. The number of halogens is 1. The molecule has 1 aromatic carbocycles. The fourth-order valence-electron chi connectivity index (χ4n) is 3.21. The Kier molecular flexibility index (Phi) is 6.61. The number of ether oxygens (including phenoxy) is 3. The first-order chi connectivity index (χ1) is 12.7. The Morgan fingerprint density at radius 2 is 2.23 bits per heavy atom. The Balaban J connectivity index is 1.65. The topological polar surface area (TPSA) is 84.3 Å². The van der Waals surface area contributed by atoms with E-state index in [9.17, 15) is 5.11 Å². The molecule has 0 radical (unpaired) electrons. The van der Waals surface area contributed by atoms with Crippen LogP contribution in [0.1, 0.15) is 25.3 Å². The number of aliphatic hydroxyl groups is 1. The van der Waals surface area contributed by atoms with E-state index < -0.39 is 0 Å². The van der Waals surface area contributed by atoms with Gasteiger partial charge in [-0.2, -0.15) is 0 Å². The number of benzene rings is 1. The molecule has 0 saturated carbocycles. The molecule has 2 aliphatic rings. The third kappa shape index (κ3) is 4.61. The normalized spacial score (nSPS) is 21.9. The summed E-state index contributed by atoms with van der Waals surface area (Å²) >= 11 is 3.51. The summed E-state index contributed by atoms with van der Waals surface area (Å²) in [6.07, 6.45) is 1.68. The summed E-state index contributed by atoms with van der Waals surface area (Å²) in [6, 6.07) is 3.96. The van der Waals surface area contributed by atoms with Crippen molar-refractivity contribution in [1.82, 2.24) is 10.6 Å². The number of aliphatic hydroxyl groups excluding tert-OH is 1. The van der Waals surface area contributed by atoms with Gasteiger partial charge in [-0.15, -0.1) is 0 Å². The molecule has 0 bridgehead atoms. The molecule has 0 spiro atoms. The van der Waals surface area contributed by atoms with Crippen LogP contribution >= 0.6 is 15.9 Å². The Morgan fingerprint density at radius 3 is 2.96 bits per heavy atom. The fourth-order valence-corrected chi connectivity index (χ4v) is 3.81. The molecule has 2 heterocycles. The van der Waals surface area contributed by atoms with Crippen molar-refractivity contribution in [2.75, 3.05) is 39.7 Å². The second kappa shape index (κ2) is 8.92. The molecule has 144 valence electrons. The number of hydrogen-bond donors (Lipinski definition) is 3. The van der Waals surface area contributed by atoms with Crippen LogP contribution in [-0.2, 0) is 11.3 Å². The quantitative estimate of drug-likeness (QED) is 0.455. The van der Waals surface area contributed by atoms with Crippen LogP contribution in [0.15, 0.2) is 21.6 Å². The number of aliphatic imine (C=N–C) groups is 1. The van der Waals surface area contributed by atoms with E-state index in [0.717, 1.165) is 60.0 Å². The standard InChI is InChI=1S/C18H26BrN3O4/c1-2-20-17(22-10-18(3-5-23)4-6-24-11-18)21-9-13-7-14(19)16-15(8-13)25-12-26-16/h7-8,23H,2-6,9-12H2,1H3,(H2,20,21,22). The van der Waals surface area contributed by atoms with Crippen molar-refractivity contribution in [2.45, 2.75) is 26.3 Å². The van der Waals surface area contributed by atoms with E-state index in [4.69, 9.17) is 14.2 Å². The Bertz CT molecular complexity index is 648. The maximum atomic E-state index is 9.36. The molecule has 2 aliphatic heterocycles. The van der Waals surface area contributed by atoms with Gasteiger partial charge in [-0.05, 0) is 53.4 Å². The van der Waals surface area contributed by atoms with E-state index in [1.165, 1.54) is 0 Å². The van der Waals surface area contributed by atoms with E-state index in [1.54, 1.807) is 0 Å². The lowest BCUT2D eigenvalue weighted by atomic mass is 9.84. The van der Waals surface area contributed by atoms with Gasteiger partial charge in [0, 0.05) is 31.7 Å². The third-order valence-electron chi connectivity index (χ3n) is 4.71. The maximum absolute atomic E-state index is 9.36. The van der Waals surface area contributed by atoms with E-state index in [1.807, 2.05) is 19.1 Å². The largest absolute Gasteiger partial charge is 0.454 e. The molecule has 3 N–H and O–H groups in total. The highest BCUT2D eigenvalue weighted by Gasteiger charge is 2.34. The predicted octanol–water partition coefficient (Wildman–Crippen LogP) is 2.02. The zero-order valence-electron chi connectivity index (χ0n) is 15.0. The number of nitrogens with one attached hydrogen (secondary N) is 2. The summed E-state index contributed by atoms with van der Waals surface area (Å²) in [5, 5.41) is 16.0. The van der Waals surface area contributed by atoms with Crippen LogP contribution in [-0.4, -0.2) is 50.8 Å². The molecule has 0 aliphatic carbocycles. The summed E-state index contributed by atoms with van der Waals surface area (Å²) in [5.74, 6) is 2.24. The SMILES string of the molecule is CCNC(=NCc1cc(Br)c2c(c1)OCO2)NCC1(CCO)CCOC1. The summed E-state index contributed by atoms with van der Waals surface area (Å²) in [7, 11) is 0. The highest BCUT2D eigenvalue weighted by Crippen LogP contribution is 2.40. The average molecular weight is 428 g/mol. The van der Waals surface area contributed by atoms with Crippen molar-refractivity contribution >= 4 is 21.9 Å². The first kappa shape index (κ1) is 19.3. The van der Waals surface area contributed by atoms with E-state index in [2.05, 4.69) is 31.6 Å². The van der Waals surface area contributed by atoms with Crippen molar-refractivity contribution in [3.05, 3.63) is 22.2 Å². The Morgan fingerprint density at radius 1 is 1.35 bits per heavy atom. The van der Waals surface area contributed by atoms with Gasteiger partial charge in [0.2, 0.25) is 6.79 Å². The molecule has 0 aromatic heterocycles. The van der Waals surface area contributed by atoms with Crippen LogP contribution in [0.25, 0.3) is 0 Å². The molecule has 7 nitrogen and oxygen atoms in total. The lowest BCUT2D eigenvalue weighted by Gasteiger charge is -2.27. The van der Waals surface area contributed by atoms with Gasteiger partial charge in [0.05, 0.1) is 17.6 Å². The first-order valence-electron chi connectivity index (χ1n) is 8.94. The van der Waals surface area contributed by atoms with Crippen molar-refractivity contribution in [3.8, 4) is 11.5 Å². The number of guanidine groups is 1. The van der Waals surface area contributed by atoms with E-state index in [0.29, 0.717) is 13.2 Å². The minimum absolute atomic E-state index is 0.0211. The van der Waals surface area contributed by atoms with Crippen molar-refractivity contribution in [3.63, 3.8) is 0 Å². The van der Waals surface area contributed by atoms with Gasteiger partial charge < -0.3 is 30.0 Å². The first-order valence-corrected chi connectivity index (χ1v) is 9.74. The van der Waals surface area contributed by atoms with Crippen LogP contribution in [0.3, 0.4) is 0 Å². The molecule has 8 heteroatoms. The molecule has 1 fully saturated rings.